The van der Waals surface area contributed by atoms with Crippen LogP contribution in [-0.4, -0.2) is 26.2 Å². The quantitative estimate of drug-likeness (QED) is 0.801. The van der Waals surface area contributed by atoms with Crippen molar-refractivity contribution in [2.75, 3.05) is 14.2 Å². The molecule has 0 unspecified atom stereocenters. The van der Waals surface area contributed by atoms with E-state index in [1.165, 1.54) is 14.2 Å². The fourth-order valence-corrected chi connectivity index (χ4v) is 1.76. The van der Waals surface area contributed by atoms with Crippen LogP contribution in [0.4, 0.5) is 0 Å². The van der Waals surface area contributed by atoms with Gasteiger partial charge in [0.05, 0.1) is 19.8 Å². The number of furan rings is 1. The lowest BCUT2D eigenvalue weighted by atomic mass is 10.1. The van der Waals surface area contributed by atoms with E-state index in [1.54, 1.807) is 24.3 Å². The Balaban J connectivity index is 2.08. The molecule has 0 atom stereocenters. The number of rotatable bonds is 4. The van der Waals surface area contributed by atoms with E-state index in [2.05, 4.69) is 9.47 Å². The Bertz CT molecular complexity index is 609. The van der Waals surface area contributed by atoms with Crippen LogP contribution in [0.2, 0.25) is 0 Å². The molecule has 1 aromatic carbocycles. The molecule has 5 nitrogen and oxygen atoms in total. The van der Waals surface area contributed by atoms with Gasteiger partial charge in [-0.25, -0.2) is 9.59 Å². The van der Waals surface area contributed by atoms with Crippen LogP contribution in [0.25, 0.3) is 0 Å². The molecular formula is C15H14O5. The third-order valence-electron chi connectivity index (χ3n) is 2.80. The van der Waals surface area contributed by atoms with E-state index >= 15 is 0 Å². The molecule has 0 radical (unpaired) electrons. The summed E-state index contributed by atoms with van der Waals surface area (Å²) in [5.74, 6) is -0.0512. The summed E-state index contributed by atoms with van der Waals surface area (Å²) in [5, 5.41) is 0. The fourth-order valence-electron chi connectivity index (χ4n) is 1.76. The minimum absolute atomic E-state index is 0.175. The van der Waals surface area contributed by atoms with Gasteiger partial charge in [-0.15, -0.1) is 0 Å². The molecule has 1 aromatic heterocycles. The number of esters is 2. The van der Waals surface area contributed by atoms with Crippen LogP contribution < -0.4 is 0 Å². The molecule has 0 bridgehead atoms. The highest BCUT2D eigenvalue weighted by atomic mass is 16.5. The Morgan fingerprint density at radius 1 is 0.950 bits per heavy atom. The lowest BCUT2D eigenvalue weighted by Gasteiger charge is -2.01. The minimum Gasteiger partial charge on any atom is -0.465 e. The molecule has 20 heavy (non-hydrogen) atoms. The Labute approximate surface area is 116 Å². The summed E-state index contributed by atoms with van der Waals surface area (Å²) in [5.41, 5.74) is 1.45. The van der Waals surface area contributed by atoms with Gasteiger partial charge in [-0.2, -0.15) is 0 Å². The van der Waals surface area contributed by atoms with Gasteiger partial charge in [0.2, 0.25) is 5.76 Å². The topological polar surface area (TPSA) is 65.7 Å². The predicted octanol–water partition coefficient (Wildman–Crippen LogP) is 2.44. The third-order valence-corrected chi connectivity index (χ3v) is 2.80. The summed E-state index contributed by atoms with van der Waals surface area (Å²) < 4.78 is 14.6. The maximum Gasteiger partial charge on any atom is 0.373 e. The number of carbonyl (C=O) groups excluding carboxylic acids is 2. The van der Waals surface area contributed by atoms with Gasteiger partial charge in [0, 0.05) is 6.42 Å². The second-order valence-corrected chi connectivity index (χ2v) is 4.12. The Morgan fingerprint density at radius 2 is 1.60 bits per heavy atom. The van der Waals surface area contributed by atoms with Crippen molar-refractivity contribution in [2.24, 2.45) is 0 Å². The van der Waals surface area contributed by atoms with Crippen molar-refractivity contribution in [3.8, 4) is 0 Å². The van der Waals surface area contributed by atoms with Gasteiger partial charge < -0.3 is 13.9 Å². The molecular weight excluding hydrogens is 260 g/mol. The molecule has 0 amide bonds. The Morgan fingerprint density at radius 3 is 2.20 bits per heavy atom. The summed E-state index contributed by atoms with van der Waals surface area (Å²) in [6.07, 6.45) is 0.526. The van der Waals surface area contributed by atoms with E-state index in [-0.39, 0.29) is 11.7 Å². The molecule has 0 N–H and O–H groups in total. The van der Waals surface area contributed by atoms with Gasteiger partial charge in [0.15, 0.2) is 0 Å². The highest BCUT2D eigenvalue weighted by Crippen LogP contribution is 2.15. The van der Waals surface area contributed by atoms with Crippen LogP contribution >= 0.6 is 0 Å². The zero-order valence-corrected chi connectivity index (χ0v) is 11.2. The van der Waals surface area contributed by atoms with Gasteiger partial charge in [0.25, 0.3) is 0 Å². The molecule has 104 valence electrons. The van der Waals surface area contributed by atoms with Crippen LogP contribution in [0.15, 0.2) is 40.8 Å². The average molecular weight is 274 g/mol. The zero-order chi connectivity index (χ0) is 14.5. The van der Waals surface area contributed by atoms with E-state index < -0.39 is 5.97 Å². The van der Waals surface area contributed by atoms with E-state index in [0.717, 1.165) is 5.56 Å². The van der Waals surface area contributed by atoms with Crippen molar-refractivity contribution in [1.82, 2.24) is 0 Å². The van der Waals surface area contributed by atoms with Crippen molar-refractivity contribution < 1.29 is 23.5 Å². The molecule has 2 rings (SSSR count). The predicted molar refractivity (Wildman–Crippen MR) is 70.6 cm³/mol. The molecule has 0 saturated heterocycles. The SMILES string of the molecule is COC(=O)c1ccc(Cc2ccc(C(=O)OC)o2)cc1. The number of benzene rings is 1. The van der Waals surface area contributed by atoms with Crippen molar-refractivity contribution in [3.63, 3.8) is 0 Å². The molecule has 0 aliphatic heterocycles. The summed E-state index contributed by atoms with van der Waals surface area (Å²) in [6, 6.07) is 10.3. The van der Waals surface area contributed by atoms with E-state index in [1.807, 2.05) is 12.1 Å². The summed E-state index contributed by atoms with van der Waals surface area (Å²) in [7, 11) is 2.64. The van der Waals surface area contributed by atoms with Crippen molar-refractivity contribution in [1.29, 1.82) is 0 Å². The molecule has 0 fully saturated rings. The van der Waals surface area contributed by atoms with Crippen molar-refractivity contribution in [2.45, 2.75) is 6.42 Å². The standard InChI is InChI=1S/C15H14O5/c1-18-14(16)11-5-3-10(4-6-11)9-12-7-8-13(20-12)15(17)19-2/h3-8H,9H2,1-2H3. The first-order valence-corrected chi connectivity index (χ1v) is 5.98. The molecule has 0 saturated carbocycles. The van der Waals surface area contributed by atoms with Gasteiger partial charge in [0.1, 0.15) is 5.76 Å². The van der Waals surface area contributed by atoms with Crippen molar-refractivity contribution in [3.05, 3.63) is 59.0 Å². The largest absolute Gasteiger partial charge is 0.465 e. The smallest absolute Gasteiger partial charge is 0.373 e. The lowest BCUT2D eigenvalue weighted by molar-refractivity contribution is 0.0561. The first-order chi connectivity index (χ1) is 9.63. The van der Waals surface area contributed by atoms with Gasteiger partial charge in [-0.1, -0.05) is 12.1 Å². The maximum atomic E-state index is 11.3. The number of hydrogen-bond acceptors (Lipinski definition) is 5. The number of methoxy groups -OCH3 is 2. The van der Waals surface area contributed by atoms with Crippen LogP contribution in [0.1, 0.15) is 32.2 Å². The first-order valence-electron chi connectivity index (χ1n) is 5.98. The third kappa shape index (κ3) is 3.06. The molecule has 2 aromatic rings. The normalized spacial score (nSPS) is 10.1. The zero-order valence-electron chi connectivity index (χ0n) is 11.2. The first kappa shape index (κ1) is 13.9. The van der Waals surface area contributed by atoms with Crippen LogP contribution in [-0.2, 0) is 15.9 Å². The summed E-state index contributed by atoms with van der Waals surface area (Å²) in [4.78, 5) is 22.6. The van der Waals surface area contributed by atoms with E-state index in [9.17, 15) is 9.59 Å². The summed E-state index contributed by atoms with van der Waals surface area (Å²) >= 11 is 0. The van der Waals surface area contributed by atoms with Crippen LogP contribution in [0.3, 0.4) is 0 Å². The van der Waals surface area contributed by atoms with Gasteiger partial charge in [-0.3, -0.25) is 0 Å². The second kappa shape index (κ2) is 6.06. The highest BCUT2D eigenvalue weighted by molar-refractivity contribution is 5.89. The average Bonchev–Trinajstić information content (AvgIpc) is 2.95. The fraction of sp³-hybridized carbons (Fsp3) is 0.200. The number of carbonyl (C=O) groups is 2. The monoisotopic (exact) mass is 274 g/mol. The Kier molecular flexibility index (Phi) is 4.20. The molecule has 0 aliphatic carbocycles. The van der Waals surface area contributed by atoms with Gasteiger partial charge in [-0.05, 0) is 29.8 Å². The molecule has 0 aliphatic rings. The lowest BCUT2D eigenvalue weighted by Crippen LogP contribution is -2.01. The van der Waals surface area contributed by atoms with Crippen molar-refractivity contribution >= 4 is 11.9 Å². The number of hydrogen-bond donors (Lipinski definition) is 0. The van der Waals surface area contributed by atoms with Gasteiger partial charge >= 0.3 is 11.9 Å². The Hall–Kier alpha value is -2.56. The second-order valence-electron chi connectivity index (χ2n) is 4.12. The van der Waals surface area contributed by atoms with Crippen LogP contribution in [0, 0.1) is 0 Å². The highest BCUT2D eigenvalue weighted by Gasteiger charge is 2.11. The van der Waals surface area contributed by atoms with E-state index in [4.69, 9.17) is 4.42 Å². The molecule has 5 heteroatoms. The molecule has 0 spiro atoms. The van der Waals surface area contributed by atoms with E-state index in [0.29, 0.717) is 17.7 Å². The number of ether oxygens (including phenoxy) is 2. The molecule has 1 heterocycles. The summed E-state index contributed by atoms with van der Waals surface area (Å²) in [6.45, 7) is 0. The van der Waals surface area contributed by atoms with Crippen LogP contribution in [0.5, 0.6) is 0 Å². The maximum absolute atomic E-state index is 11.3. The minimum atomic E-state index is -0.503.